The van der Waals surface area contributed by atoms with Crippen molar-refractivity contribution in [2.75, 3.05) is 25.9 Å². The summed E-state index contributed by atoms with van der Waals surface area (Å²) >= 11 is 0. The van der Waals surface area contributed by atoms with Gasteiger partial charge >= 0.3 is 0 Å². The average Bonchev–Trinajstić information content (AvgIpc) is 2.66. The second-order valence-electron chi connectivity index (χ2n) is 7.11. The minimum Gasteiger partial charge on any atom is -0.460 e. The van der Waals surface area contributed by atoms with E-state index in [-0.39, 0.29) is 12.5 Å². The Balaban J connectivity index is 1.91. The van der Waals surface area contributed by atoms with Gasteiger partial charge in [-0.1, -0.05) is 0 Å². The Morgan fingerprint density at radius 1 is 1.29 bits per heavy atom. The molecule has 0 unspecified atom stereocenters. The van der Waals surface area contributed by atoms with Crippen LogP contribution in [0.4, 0.5) is 8.78 Å². The van der Waals surface area contributed by atoms with Crippen LogP contribution in [-0.4, -0.2) is 56.8 Å². The highest BCUT2D eigenvalue weighted by Gasteiger charge is 2.49. The van der Waals surface area contributed by atoms with Crippen molar-refractivity contribution in [3.05, 3.63) is 23.8 Å². The molecule has 0 spiro atoms. The molecule has 3 rings (SSSR count). The fourth-order valence-electron chi connectivity index (χ4n) is 3.69. The highest BCUT2D eigenvalue weighted by Crippen LogP contribution is 2.33. The molecule has 0 aliphatic carbocycles. The van der Waals surface area contributed by atoms with E-state index in [9.17, 15) is 27.3 Å². The standard InChI is InChI=1S/C18H21F2N3O4S/c1-28(25,26)16-10-13(19)15(9-14(16)20)27-18(11-21)5-2-8-23(17(18)24)12-3-6-22-7-4-12/h9-10,12,22H,2-8H2,1H3/t18-/m0/s1. The van der Waals surface area contributed by atoms with Crippen LogP contribution in [0.5, 0.6) is 5.75 Å². The van der Waals surface area contributed by atoms with Crippen LogP contribution in [0.25, 0.3) is 0 Å². The summed E-state index contributed by atoms with van der Waals surface area (Å²) in [4.78, 5) is 13.8. The van der Waals surface area contributed by atoms with Crippen LogP contribution in [0.15, 0.2) is 17.0 Å². The monoisotopic (exact) mass is 413 g/mol. The molecule has 2 fully saturated rings. The Morgan fingerprint density at radius 2 is 1.96 bits per heavy atom. The number of nitrogens with one attached hydrogen (secondary N) is 1. The maximum atomic E-state index is 14.4. The molecule has 7 nitrogen and oxygen atoms in total. The zero-order valence-corrected chi connectivity index (χ0v) is 16.2. The SMILES string of the molecule is CS(=O)(=O)c1cc(F)c(O[C@]2(C#N)CCCN(C3CCNCC3)C2=O)cc1F. The number of sulfone groups is 1. The van der Waals surface area contributed by atoms with Crippen molar-refractivity contribution >= 4 is 15.7 Å². The number of rotatable bonds is 4. The van der Waals surface area contributed by atoms with E-state index >= 15 is 0 Å². The van der Waals surface area contributed by atoms with Gasteiger partial charge in [0.1, 0.15) is 16.8 Å². The van der Waals surface area contributed by atoms with E-state index in [1.165, 1.54) is 0 Å². The number of hydrogen-bond donors (Lipinski definition) is 1. The van der Waals surface area contributed by atoms with Crippen molar-refractivity contribution < 1.29 is 26.7 Å². The summed E-state index contributed by atoms with van der Waals surface area (Å²) in [5, 5.41) is 12.9. The molecule has 1 amide bonds. The first kappa shape index (κ1) is 20.5. The molecule has 1 aromatic rings. The smallest absolute Gasteiger partial charge is 0.282 e. The van der Waals surface area contributed by atoms with Gasteiger partial charge in [0.25, 0.3) is 11.5 Å². The molecular weight excluding hydrogens is 392 g/mol. The van der Waals surface area contributed by atoms with E-state index in [2.05, 4.69) is 5.32 Å². The summed E-state index contributed by atoms with van der Waals surface area (Å²) in [5.74, 6) is -3.58. The van der Waals surface area contributed by atoms with Gasteiger partial charge in [0.05, 0.1) is 0 Å². The Labute approximate surface area is 162 Å². The first-order chi connectivity index (χ1) is 13.2. The highest BCUT2D eigenvalue weighted by atomic mass is 32.2. The quantitative estimate of drug-likeness (QED) is 0.801. The minimum atomic E-state index is -3.98. The Bertz CT molecular complexity index is 925. The third-order valence-electron chi connectivity index (χ3n) is 5.13. The Morgan fingerprint density at radius 3 is 2.57 bits per heavy atom. The molecule has 0 aromatic heterocycles. The van der Waals surface area contributed by atoms with Crippen molar-refractivity contribution in [3.8, 4) is 11.8 Å². The summed E-state index contributed by atoms with van der Waals surface area (Å²) < 4.78 is 57.1. The second-order valence-corrected chi connectivity index (χ2v) is 9.09. The number of amides is 1. The summed E-state index contributed by atoms with van der Waals surface area (Å²) in [6.45, 7) is 1.98. The van der Waals surface area contributed by atoms with Gasteiger partial charge in [-0.15, -0.1) is 0 Å². The van der Waals surface area contributed by atoms with Crippen LogP contribution in [-0.2, 0) is 14.6 Å². The van der Waals surface area contributed by atoms with E-state index in [1.54, 1.807) is 4.90 Å². The molecule has 2 saturated heterocycles. The third kappa shape index (κ3) is 3.82. The number of carbonyl (C=O) groups is 1. The predicted octanol–water partition coefficient (Wildman–Crippen LogP) is 1.38. The number of benzene rings is 1. The normalized spacial score (nSPS) is 24.1. The summed E-state index contributed by atoms with van der Waals surface area (Å²) in [6, 6.07) is 2.87. The number of carbonyl (C=O) groups excluding carboxylic acids is 1. The van der Waals surface area contributed by atoms with Crippen molar-refractivity contribution in [2.45, 2.75) is 42.2 Å². The van der Waals surface area contributed by atoms with Crippen LogP contribution in [0, 0.1) is 23.0 Å². The first-order valence-corrected chi connectivity index (χ1v) is 10.9. The van der Waals surface area contributed by atoms with Gasteiger partial charge in [-0.05, 0) is 38.4 Å². The molecular formula is C18H21F2N3O4S. The molecule has 2 aliphatic heterocycles. The summed E-state index contributed by atoms with van der Waals surface area (Å²) in [6.07, 6.45) is 2.75. The molecule has 1 N–H and O–H groups in total. The zero-order valence-electron chi connectivity index (χ0n) is 15.4. The predicted molar refractivity (Wildman–Crippen MR) is 95.3 cm³/mol. The zero-order chi connectivity index (χ0) is 20.5. The summed E-state index contributed by atoms with van der Waals surface area (Å²) in [7, 11) is -3.98. The fraction of sp³-hybridized carbons (Fsp3) is 0.556. The van der Waals surface area contributed by atoms with Crippen LogP contribution >= 0.6 is 0 Å². The average molecular weight is 413 g/mol. The van der Waals surface area contributed by atoms with Crippen LogP contribution in [0.1, 0.15) is 25.7 Å². The number of piperidine rings is 2. The third-order valence-corrected chi connectivity index (χ3v) is 6.25. The van der Waals surface area contributed by atoms with Gasteiger partial charge in [-0.2, -0.15) is 5.26 Å². The number of likely N-dealkylation sites (tertiary alicyclic amines) is 1. The Hall–Kier alpha value is -2.25. The molecule has 0 saturated carbocycles. The van der Waals surface area contributed by atoms with Crippen molar-refractivity contribution in [3.63, 3.8) is 0 Å². The highest BCUT2D eigenvalue weighted by molar-refractivity contribution is 7.90. The first-order valence-electron chi connectivity index (χ1n) is 8.99. The molecule has 152 valence electrons. The van der Waals surface area contributed by atoms with Gasteiger partial charge in [-0.3, -0.25) is 4.79 Å². The van der Waals surface area contributed by atoms with E-state index < -0.39 is 43.6 Å². The van der Waals surface area contributed by atoms with Gasteiger partial charge in [0.15, 0.2) is 21.4 Å². The fourth-order valence-corrected chi connectivity index (χ4v) is 4.42. The van der Waals surface area contributed by atoms with Crippen molar-refractivity contribution in [2.24, 2.45) is 0 Å². The minimum absolute atomic E-state index is 0.0404. The molecule has 1 aromatic carbocycles. The lowest BCUT2D eigenvalue weighted by Gasteiger charge is -2.42. The molecule has 0 bridgehead atoms. The van der Waals surface area contributed by atoms with E-state index in [0.717, 1.165) is 32.2 Å². The van der Waals surface area contributed by atoms with Gasteiger partial charge in [-0.25, -0.2) is 17.2 Å². The molecule has 2 aliphatic rings. The largest absolute Gasteiger partial charge is 0.460 e. The van der Waals surface area contributed by atoms with Gasteiger partial charge in [0.2, 0.25) is 0 Å². The second kappa shape index (κ2) is 7.64. The Kier molecular flexibility index (Phi) is 5.59. The maximum absolute atomic E-state index is 14.4. The van der Waals surface area contributed by atoms with E-state index in [0.29, 0.717) is 25.1 Å². The molecule has 10 heteroatoms. The molecule has 28 heavy (non-hydrogen) atoms. The number of nitriles is 1. The maximum Gasteiger partial charge on any atom is 0.282 e. The van der Waals surface area contributed by atoms with Gasteiger partial charge in [0, 0.05) is 31.3 Å². The van der Waals surface area contributed by atoms with Gasteiger partial charge < -0.3 is 15.0 Å². The van der Waals surface area contributed by atoms with E-state index in [1.807, 2.05) is 6.07 Å². The number of halogens is 2. The number of ether oxygens (including phenoxy) is 1. The lowest BCUT2D eigenvalue weighted by atomic mass is 9.90. The van der Waals surface area contributed by atoms with Crippen LogP contribution < -0.4 is 10.1 Å². The lowest BCUT2D eigenvalue weighted by molar-refractivity contribution is -0.151. The van der Waals surface area contributed by atoms with Crippen LogP contribution in [0.2, 0.25) is 0 Å². The molecule has 1 atom stereocenters. The van der Waals surface area contributed by atoms with Crippen LogP contribution in [0.3, 0.4) is 0 Å². The summed E-state index contributed by atoms with van der Waals surface area (Å²) in [5.41, 5.74) is -1.97. The molecule has 2 heterocycles. The number of hydrogen-bond acceptors (Lipinski definition) is 6. The lowest BCUT2D eigenvalue weighted by Crippen LogP contribution is -2.60. The number of nitrogens with zero attached hydrogens (tertiary/aromatic N) is 2. The topological polar surface area (TPSA) is 99.5 Å². The van der Waals surface area contributed by atoms with Crippen molar-refractivity contribution in [1.82, 2.24) is 10.2 Å². The van der Waals surface area contributed by atoms with E-state index in [4.69, 9.17) is 4.74 Å². The molecule has 0 radical (unpaired) electrons. The van der Waals surface area contributed by atoms with Crippen molar-refractivity contribution in [1.29, 1.82) is 5.26 Å².